The second kappa shape index (κ2) is 6.96. The molecule has 1 N–H and O–H groups in total. The zero-order valence-corrected chi connectivity index (χ0v) is 14.8. The van der Waals surface area contributed by atoms with Gasteiger partial charge < -0.3 is 19.6 Å². The van der Waals surface area contributed by atoms with Crippen LogP contribution in [0, 0.1) is 5.41 Å². The lowest BCUT2D eigenvalue weighted by atomic mass is 9.76. The monoisotopic (exact) mass is 344 g/mol. The molecule has 2 aliphatic heterocycles. The third-order valence-corrected chi connectivity index (χ3v) is 6.31. The van der Waals surface area contributed by atoms with Gasteiger partial charge in [-0.2, -0.15) is 0 Å². The van der Waals surface area contributed by atoms with Crippen molar-refractivity contribution >= 4 is 6.03 Å². The van der Waals surface area contributed by atoms with Crippen LogP contribution >= 0.6 is 0 Å². The molecule has 2 amide bonds. The van der Waals surface area contributed by atoms with Crippen molar-refractivity contribution in [3.63, 3.8) is 0 Å². The molecule has 1 aromatic rings. The molecule has 0 radical (unpaired) electrons. The average Bonchev–Trinajstić information content (AvgIpc) is 3.13. The molecule has 4 rings (SSSR count). The quantitative estimate of drug-likeness (QED) is 0.852. The number of ether oxygens (including phenoxy) is 1. The lowest BCUT2D eigenvalue weighted by Gasteiger charge is -2.47. The number of amides is 2. The summed E-state index contributed by atoms with van der Waals surface area (Å²) < 4.78 is 5.66. The molecule has 3 fully saturated rings. The second-order valence-electron chi connectivity index (χ2n) is 7.77. The number of carbonyl (C=O) groups is 1. The summed E-state index contributed by atoms with van der Waals surface area (Å²) in [5.74, 6) is 0. The van der Waals surface area contributed by atoms with Crippen LogP contribution < -0.4 is 0 Å². The molecule has 2 heterocycles. The van der Waals surface area contributed by atoms with E-state index in [1.54, 1.807) is 0 Å². The van der Waals surface area contributed by atoms with Crippen molar-refractivity contribution in [2.45, 2.75) is 44.2 Å². The third kappa shape index (κ3) is 3.15. The molecular formula is C20H28N2O3. The summed E-state index contributed by atoms with van der Waals surface area (Å²) in [6, 6.07) is 10.2. The Morgan fingerprint density at radius 1 is 1.16 bits per heavy atom. The number of aliphatic hydroxyl groups is 1. The van der Waals surface area contributed by atoms with Gasteiger partial charge in [-0.25, -0.2) is 4.79 Å². The maximum absolute atomic E-state index is 13.3. The maximum Gasteiger partial charge on any atom is 0.320 e. The number of piperidine rings is 1. The molecule has 2 saturated heterocycles. The van der Waals surface area contributed by atoms with E-state index >= 15 is 0 Å². The Balaban J connectivity index is 1.52. The van der Waals surface area contributed by atoms with Crippen LogP contribution in [0.5, 0.6) is 0 Å². The minimum absolute atomic E-state index is 0.0196. The molecular weight excluding hydrogens is 316 g/mol. The van der Waals surface area contributed by atoms with E-state index in [-0.39, 0.29) is 23.6 Å². The molecule has 5 heteroatoms. The van der Waals surface area contributed by atoms with Crippen molar-refractivity contribution in [3.8, 4) is 0 Å². The van der Waals surface area contributed by atoms with E-state index in [2.05, 4.69) is 12.1 Å². The summed E-state index contributed by atoms with van der Waals surface area (Å²) in [5, 5.41) is 10.5. The topological polar surface area (TPSA) is 53.0 Å². The number of aliphatic hydroxyl groups excluding tert-OH is 1. The van der Waals surface area contributed by atoms with Crippen molar-refractivity contribution < 1.29 is 14.6 Å². The van der Waals surface area contributed by atoms with E-state index in [0.29, 0.717) is 39.3 Å². The number of likely N-dealkylation sites (tertiary alicyclic amines) is 1. The third-order valence-electron chi connectivity index (χ3n) is 6.31. The van der Waals surface area contributed by atoms with Crippen LogP contribution in [0.3, 0.4) is 0 Å². The Morgan fingerprint density at radius 2 is 1.92 bits per heavy atom. The highest BCUT2D eigenvalue weighted by Gasteiger charge is 2.46. The van der Waals surface area contributed by atoms with Crippen LogP contribution in [0.2, 0.25) is 0 Å². The maximum atomic E-state index is 13.3. The number of urea groups is 1. The fraction of sp³-hybridized carbons (Fsp3) is 0.650. The fourth-order valence-corrected chi connectivity index (χ4v) is 4.85. The number of nitrogens with zero attached hydrogens (tertiary/aromatic N) is 2. The Hall–Kier alpha value is -1.59. The van der Waals surface area contributed by atoms with E-state index in [4.69, 9.17) is 4.74 Å². The SMILES string of the molecule is O=C(N1CCC(O)C2(CCCC2)C1)N1CCOC[C@H]1c1ccccc1. The summed E-state index contributed by atoms with van der Waals surface area (Å²) in [5.41, 5.74) is 1.06. The Bertz CT molecular complexity index is 600. The molecule has 0 bridgehead atoms. The van der Waals surface area contributed by atoms with Gasteiger partial charge in [0.15, 0.2) is 0 Å². The van der Waals surface area contributed by atoms with Gasteiger partial charge in [0.1, 0.15) is 0 Å². The predicted molar refractivity (Wildman–Crippen MR) is 95.2 cm³/mol. The van der Waals surface area contributed by atoms with E-state index in [9.17, 15) is 9.90 Å². The molecule has 2 atom stereocenters. The zero-order valence-electron chi connectivity index (χ0n) is 14.8. The van der Waals surface area contributed by atoms with Crippen molar-refractivity contribution in [1.29, 1.82) is 0 Å². The van der Waals surface area contributed by atoms with Gasteiger partial charge >= 0.3 is 6.03 Å². The van der Waals surface area contributed by atoms with E-state index in [1.165, 1.54) is 12.8 Å². The van der Waals surface area contributed by atoms with E-state index in [1.807, 2.05) is 28.0 Å². The Labute approximate surface area is 149 Å². The minimum Gasteiger partial charge on any atom is -0.392 e. The average molecular weight is 344 g/mol. The Kier molecular flexibility index (Phi) is 4.69. The molecule has 0 aromatic heterocycles. The van der Waals surface area contributed by atoms with Gasteiger partial charge in [0, 0.05) is 25.0 Å². The molecule has 136 valence electrons. The van der Waals surface area contributed by atoms with Crippen LogP contribution in [0.1, 0.15) is 43.7 Å². The molecule has 3 aliphatic rings. The Morgan fingerprint density at radius 3 is 2.68 bits per heavy atom. The highest BCUT2D eigenvalue weighted by atomic mass is 16.5. The number of hydrogen-bond acceptors (Lipinski definition) is 3. The van der Waals surface area contributed by atoms with Crippen molar-refractivity contribution in [1.82, 2.24) is 9.80 Å². The van der Waals surface area contributed by atoms with Crippen LogP contribution in [-0.2, 0) is 4.74 Å². The molecule has 5 nitrogen and oxygen atoms in total. The smallest absolute Gasteiger partial charge is 0.320 e. The van der Waals surface area contributed by atoms with Crippen LogP contribution in [0.4, 0.5) is 4.79 Å². The summed E-state index contributed by atoms with van der Waals surface area (Å²) in [6.45, 7) is 3.13. The van der Waals surface area contributed by atoms with Crippen LogP contribution in [0.15, 0.2) is 30.3 Å². The number of benzene rings is 1. The summed E-state index contributed by atoms with van der Waals surface area (Å²) in [4.78, 5) is 17.3. The van der Waals surface area contributed by atoms with Crippen molar-refractivity contribution in [3.05, 3.63) is 35.9 Å². The highest BCUT2D eigenvalue weighted by Crippen LogP contribution is 2.45. The first kappa shape index (κ1) is 16.9. The summed E-state index contributed by atoms with van der Waals surface area (Å²) in [6.07, 6.45) is 4.87. The zero-order chi connectivity index (χ0) is 17.3. The van der Waals surface area contributed by atoms with Gasteiger partial charge in [0.25, 0.3) is 0 Å². The lowest BCUT2D eigenvalue weighted by molar-refractivity contribution is -0.0445. The predicted octanol–water partition coefficient (Wildman–Crippen LogP) is 2.81. The van der Waals surface area contributed by atoms with E-state index < -0.39 is 0 Å². The molecule has 25 heavy (non-hydrogen) atoms. The number of rotatable bonds is 1. The molecule has 1 aromatic carbocycles. The summed E-state index contributed by atoms with van der Waals surface area (Å²) >= 11 is 0. The first-order valence-corrected chi connectivity index (χ1v) is 9.56. The van der Waals surface area contributed by atoms with Gasteiger partial charge in [0.2, 0.25) is 0 Å². The van der Waals surface area contributed by atoms with Crippen LogP contribution in [-0.4, -0.2) is 59.9 Å². The highest BCUT2D eigenvalue weighted by molar-refractivity contribution is 5.75. The van der Waals surface area contributed by atoms with Gasteiger partial charge in [-0.1, -0.05) is 43.2 Å². The number of carbonyl (C=O) groups excluding carboxylic acids is 1. The number of hydrogen-bond donors (Lipinski definition) is 1. The molecule has 1 aliphatic carbocycles. The van der Waals surface area contributed by atoms with Gasteiger partial charge in [-0.05, 0) is 24.8 Å². The van der Waals surface area contributed by atoms with Gasteiger partial charge in [0.05, 0.1) is 25.4 Å². The van der Waals surface area contributed by atoms with E-state index in [0.717, 1.165) is 18.4 Å². The first-order valence-electron chi connectivity index (χ1n) is 9.56. The summed E-state index contributed by atoms with van der Waals surface area (Å²) in [7, 11) is 0. The minimum atomic E-state index is -0.256. The van der Waals surface area contributed by atoms with Gasteiger partial charge in [-0.15, -0.1) is 0 Å². The molecule has 1 unspecified atom stereocenters. The molecule has 1 spiro atoms. The van der Waals surface area contributed by atoms with Crippen molar-refractivity contribution in [2.24, 2.45) is 5.41 Å². The van der Waals surface area contributed by atoms with Crippen molar-refractivity contribution in [2.75, 3.05) is 32.8 Å². The van der Waals surface area contributed by atoms with Gasteiger partial charge in [-0.3, -0.25) is 0 Å². The number of morpholine rings is 1. The standard InChI is InChI=1S/C20H28N2O3/c23-18-8-11-21(15-20(18)9-4-5-10-20)19(24)22-12-13-25-14-17(22)16-6-2-1-3-7-16/h1-3,6-7,17-18,23H,4-5,8-15H2/t17-,18?/m0/s1. The normalized spacial score (nSPS) is 29.2. The second-order valence-corrected chi connectivity index (χ2v) is 7.77. The molecule has 1 saturated carbocycles. The lowest BCUT2D eigenvalue weighted by Crippen LogP contribution is -2.57. The van der Waals surface area contributed by atoms with Crippen LogP contribution in [0.25, 0.3) is 0 Å². The largest absolute Gasteiger partial charge is 0.392 e. The first-order chi connectivity index (χ1) is 12.2. The fourth-order valence-electron chi connectivity index (χ4n) is 4.85.